The summed E-state index contributed by atoms with van der Waals surface area (Å²) in [4.78, 5) is 73.1. The predicted octanol–water partition coefficient (Wildman–Crippen LogP) is -0.0345. The van der Waals surface area contributed by atoms with Gasteiger partial charge in [0.2, 0.25) is 17.7 Å². The zero-order chi connectivity index (χ0) is 32.5. The van der Waals surface area contributed by atoms with Crippen molar-refractivity contribution in [2.45, 2.75) is 49.9 Å². The Morgan fingerprint density at radius 2 is 1.47 bits per heavy atom. The maximum absolute atomic E-state index is 13.4. The molecule has 0 fully saturated rings. The fourth-order valence-electron chi connectivity index (χ4n) is 4.73. The summed E-state index contributed by atoms with van der Waals surface area (Å²) in [5.74, 6) is -5.38. The number of aromatic amines is 2. The van der Waals surface area contributed by atoms with E-state index in [4.69, 9.17) is 5.73 Å². The zero-order valence-corrected chi connectivity index (χ0v) is 23.9. The smallest absolute Gasteiger partial charge is 0.326 e. The molecule has 0 aliphatic heterocycles. The SMILES string of the molecule is NC(Cc1ccc(O)cc1)C(=O)NC(Cc1cnc[nH]1)C(=O)NC(CC(=O)O)C(=O)NC(Cc1c[nH]c2ccccc12)C(=O)O. The third-order valence-electron chi connectivity index (χ3n) is 7.07. The van der Waals surface area contributed by atoms with Gasteiger partial charge in [-0.25, -0.2) is 9.78 Å². The van der Waals surface area contributed by atoms with Gasteiger partial charge in [-0.2, -0.15) is 0 Å². The van der Waals surface area contributed by atoms with Crippen molar-refractivity contribution in [2.75, 3.05) is 0 Å². The Morgan fingerprint density at radius 1 is 0.800 bits per heavy atom. The lowest BCUT2D eigenvalue weighted by atomic mass is 10.0. The van der Waals surface area contributed by atoms with E-state index >= 15 is 0 Å². The Kier molecular flexibility index (Phi) is 10.5. The molecule has 0 spiro atoms. The summed E-state index contributed by atoms with van der Waals surface area (Å²) >= 11 is 0. The number of aromatic nitrogens is 3. The van der Waals surface area contributed by atoms with Crippen LogP contribution in [0.25, 0.3) is 10.9 Å². The van der Waals surface area contributed by atoms with Crippen LogP contribution < -0.4 is 21.7 Å². The Morgan fingerprint density at radius 3 is 2.13 bits per heavy atom. The first-order chi connectivity index (χ1) is 21.5. The molecule has 4 unspecified atom stereocenters. The lowest BCUT2D eigenvalue weighted by Crippen LogP contribution is -2.58. The number of aliphatic carboxylic acids is 2. The second-order valence-corrected chi connectivity index (χ2v) is 10.4. The number of phenols is 1. The quantitative estimate of drug-likeness (QED) is 0.0858. The number of nitrogens with one attached hydrogen (secondary N) is 5. The molecule has 4 atom stereocenters. The lowest BCUT2D eigenvalue weighted by Gasteiger charge is -2.24. The molecule has 236 valence electrons. The molecule has 4 rings (SSSR count). The van der Waals surface area contributed by atoms with Crippen molar-refractivity contribution in [1.82, 2.24) is 30.9 Å². The van der Waals surface area contributed by atoms with E-state index in [2.05, 4.69) is 30.9 Å². The number of hydrogen-bond donors (Lipinski definition) is 9. The van der Waals surface area contributed by atoms with Gasteiger partial charge in [0, 0.05) is 41.8 Å². The van der Waals surface area contributed by atoms with Crippen LogP contribution in [0.5, 0.6) is 5.75 Å². The average Bonchev–Trinajstić information content (AvgIpc) is 3.67. The number of amides is 3. The number of carbonyl (C=O) groups is 5. The van der Waals surface area contributed by atoms with Crippen LogP contribution in [0.4, 0.5) is 0 Å². The first-order valence-corrected chi connectivity index (χ1v) is 13.9. The minimum Gasteiger partial charge on any atom is -0.508 e. The van der Waals surface area contributed by atoms with E-state index in [9.17, 15) is 39.3 Å². The van der Waals surface area contributed by atoms with Gasteiger partial charge < -0.3 is 47.0 Å². The molecule has 0 bridgehead atoms. The summed E-state index contributed by atoms with van der Waals surface area (Å²) in [5.41, 5.74) is 8.56. The number of imidazole rings is 1. The van der Waals surface area contributed by atoms with E-state index in [0.29, 0.717) is 16.8 Å². The fourth-order valence-corrected chi connectivity index (χ4v) is 4.73. The number of carboxylic acid groups (broad SMARTS) is 2. The topological polar surface area (TPSA) is 253 Å². The Balaban J connectivity index is 1.47. The molecular weight excluding hydrogens is 586 g/mol. The molecule has 0 saturated carbocycles. The molecule has 2 aromatic carbocycles. The zero-order valence-electron chi connectivity index (χ0n) is 23.9. The van der Waals surface area contributed by atoms with E-state index in [1.165, 1.54) is 24.7 Å². The van der Waals surface area contributed by atoms with Crippen LogP contribution >= 0.6 is 0 Å². The molecular formula is C30H33N7O8. The number of nitrogens with two attached hydrogens (primary N) is 1. The van der Waals surface area contributed by atoms with Crippen LogP contribution in [-0.4, -0.2) is 84.1 Å². The molecule has 0 saturated heterocycles. The second-order valence-electron chi connectivity index (χ2n) is 10.4. The third-order valence-corrected chi connectivity index (χ3v) is 7.07. The number of aromatic hydroxyl groups is 1. The Bertz CT molecular complexity index is 1650. The van der Waals surface area contributed by atoms with E-state index in [-0.39, 0.29) is 25.0 Å². The number of phenolic OH excluding ortho intramolecular Hbond substituents is 1. The third kappa shape index (κ3) is 8.90. The van der Waals surface area contributed by atoms with E-state index < -0.39 is 60.2 Å². The van der Waals surface area contributed by atoms with E-state index in [1.807, 2.05) is 12.1 Å². The number of nitrogens with zero attached hydrogens (tertiary/aromatic N) is 1. The van der Waals surface area contributed by atoms with E-state index in [1.54, 1.807) is 30.5 Å². The highest BCUT2D eigenvalue weighted by Crippen LogP contribution is 2.19. The second kappa shape index (κ2) is 14.7. The molecule has 45 heavy (non-hydrogen) atoms. The number of carbonyl (C=O) groups excluding carboxylic acids is 3. The summed E-state index contributed by atoms with van der Waals surface area (Å²) in [7, 11) is 0. The number of carboxylic acids is 2. The Labute approximate surface area is 256 Å². The number of H-pyrrole nitrogens is 2. The summed E-state index contributed by atoms with van der Waals surface area (Å²) < 4.78 is 0. The van der Waals surface area contributed by atoms with Crippen molar-refractivity contribution in [3.05, 3.63) is 84.1 Å². The van der Waals surface area contributed by atoms with Crippen LogP contribution in [0, 0.1) is 0 Å². The van der Waals surface area contributed by atoms with Crippen molar-refractivity contribution in [2.24, 2.45) is 5.73 Å². The predicted molar refractivity (Wildman–Crippen MR) is 160 cm³/mol. The van der Waals surface area contributed by atoms with E-state index in [0.717, 1.165) is 10.9 Å². The molecule has 2 aromatic heterocycles. The molecule has 0 radical (unpaired) electrons. The van der Waals surface area contributed by atoms with Crippen molar-refractivity contribution in [3.8, 4) is 5.75 Å². The summed E-state index contributed by atoms with van der Waals surface area (Å²) in [5, 5.41) is 36.8. The van der Waals surface area contributed by atoms with Gasteiger partial charge in [-0.1, -0.05) is 30.3 Å². The number of para-hydroxylation sites is 1. The molecule has 0 aliphatic carbocycles. The van der Waals surface area contributed by atoms with Gasteiger partial charge in [0.05, 0.1) is 18.8 Å². The molecule has 0 aliphatic rings. The highest BCUT2D eigenvalue weighted by Gasteiger charge is 2.32. The van der Waals surface area contributed by atoms with Crippen LogP contribution in [0.2, 0.25) is 0 Å². The Hall–Kier alpha value is -5.70. The molecule has 4 aromatic rings. The van der Waals surface area contributed by atoms with Gasteiger partial charge in [0.25, 0.3) is 0 Å². The van der Waals surface area contributed by atoms with Crippen molar-refractivity contribution < 1.29 is 39.3 Å². The number of benzene rings is 2. The maximum atomic E-state index is 13.4. The highest BCUT2D eigenvalue weighted by molar-refractivity contribution is 5.96. The fraction of sp³-hybridized carbons (Fsp3) is 0.267. The molecule has 10 N–H and O–H groups in total. The normalized spacial score (nSPS) is 13.7. The summed E-state index contributed by atoms with van der Waals surface area (Å²) in [6.07, 6.45) is 3.41. The summed E-state index contributed by atoms with van der Waals surface area (Å²) in [6.45, 7) is 0. The highest BCUT2D eigenvalue weighted by atomic mass is 16.4. The molecule has 2 heterocycles. The van der Waals surface area contributed by atoms with Crippen LogP contribution in [0.15, 0.2) is 67.3 Å². The van der Waals surface area contributed by atoms with Crippen molar-refractivity contribution >= 4 is 40.6 Å². The first-order valence-electron chi connectivity index (χ1n) is 13.9. The number of hydrogen-bond acceptors (Lipinski definition) is 8. The van der Waals surface area contributed by atoms with Crippen LogP contribution in [0.1, 0.15) is 23.2 Å². The molecule has 15 heteroatoms. The van der Waals surface area contributed by atoms with Crippen molar-refractivity contribution in [1.29, 1.82) is 0 Å². The van der Waals surface area contributed by atoms with Gasteiger partial charge >= 0.3 is 11.9 Å². The minimum atomic E-state index is -1.67. The van der Waals surface area contributed by atoms with Crippen molar-refractivity contribution in [3.63, 3.8) is 0 Å². The van der Waals surface area contributed by atoms with Gasteiger partial charge in [0.15, 0.2) is 0 Å². The van der Waals surface area contributed by atoms with Crippen LogP contribution in [-0.2, 0) is 43.2 Å². The number of fused-ring (bicyclic) bond motifs is 1. The minimum absolute atomic E-state index is 0.0423. The van der Waals surface area contributed by atoms with Gasteiger partial charge in [-0.05, 0) is 35.7 Å². The number of rotatable bonds is 15. The monoisotopic (exact) mass is 619 g/mol. The van der Waals surface area contributed by atoms with Gasteiger partial charge in [0.1, 0.15) is 23.9 Å². The standard InChI is InChI=1S/C30H33N7O8/c31-21(9-16-5-7-19(38)8-6-16)27(41)35-23(11-18-14-32-15-34-18)28(42)36-24(12-26(39)40)29(43)37-25(30(44)45)10-17-13-33-22-4-2-1-3-20(17)22/h1-8,13-15,21,23-25,33,38H,9-12,31H2,(H,32,34)(H,35,41)(H,36,42)(H,37,43)(H,39,40)(H,44,45). The molecule has 3 amide bonds. The maximum Gasteiger partial charge on any atom is 0.326 e. The average molecular weight is 620 g/mol. The largest absolute Gasteiger partial charge is 0.508 e. The summed E-state index contributed by atoms with van der Waals surface area (Å²) in [6, 6.07) is 7.74. The van der Waals surface area contributed by atoms with Gasteiger partial charge in [-0.3, -0.25) is 19.2 Å². The lowest BCUT2D eigenvalue weighted by molar-refractivity contribution is -0.143. The van der Waals surface area contributed by atoms with Crippen LogP contribution in [0.3, 0.4) is 0 Å². The molecule has 15 nitrogen and oxygen atoms in total. The first kappa shape index (κ1) is 32.2. The van der Waals surface area contributed by atoms with Gasteiger partial charge in [-0.15, -0.1) is 0 Å².